The zero-order chi connectivity index (χ0) is 9.68. The maximum absolute atomic E-state index is 10.6. The van der Waals surface area contributed by atoms with Crippen molar-refractivity contribution in [3.8, 4) is 0 Å². The maximum atomic E-state index is 10.6. The second-order valence-corrected chi connectivity index (χ2v) is 2.83. The van der Waals surface area contributed by atoms with Crippen molar-refractivity contribution in [2.24, 2.45) is 0 Å². The maximum Gasteiger partial charge on any atom is 0.156 e. The molecule has 0 spiro atoms. The molecule has 0 radical (unpaired) electrons. The summed E-state index contributed by atoms with van der Waals surface area (Å²) in [6.45, 7) is 2.78. The van der Waals surface area contributed by atoms with Gasteiger partial charge in [0.25, 0.3) is 0 Å². The van der Waals surface area contributed by atoms with Crippen molar-refractivity contribution in [3.05, 3.63) is 17.0 Å². The van der Waals surface area contributed by atoms with E-state index in [-0.39, 0.29) is 5.15 Å². The highest BCUT2D eigenvalue weighted by molar-refractivity contribution is 6.32. The summed E-state index contributed by atoms with van der Waals surface area (Å²) >= 11 is 5.69. The Kier molecular flexibility index (Phi) is 3.64. The molecule has 1 heterocycles. The molecule has 1 rings (SSSR count). The summed E-state index contributed by atoms with van der Waals surface area (Å²) in [5.74, 6) is 0.497. The number of anilines is 1. The third-order valence-corrected chi connectivity index (χ3v) is 1.80. The van der Waals surface area contributed by atoms with Gasteiger partial charge in [0.2, 0.25) is 0 Å². The first-order chi connectivity index (χ1) is 6.29. The van der Waals surface area contributed by atoms with Crippen LogP contribution in [0.5, 0.6) is 0 Å². The highest BCUT2D eigenvalue weighted by Gasteiger charge is 2.07. The Labute approximate surface area is 81.3 Å². The second-order valence-electron chi connectivity index (χ2n) is 2.47. The molecule has 0 aromatic carbocycles. The van der Waals surface area contributed by atoms with E-state index in [0.717, 1.165) is 13.0 Å². The molecule has 13 heavy (non-hydrogen) atoms. The van der Waals surface area contributed by atoms with Gasteiger partial charge in [-0.3, -0.25) is 4.79 Å². The topological polar surface area (TPSA) is 54.9 Å². The average molecular weight is 200 g/mol. The molecule has 0 fully saturated rings. The monoisotopic (exact) mass is 199 g/mol. The Morgan fingerprint density at radius 3 is 3.00 bits per heavy atom. The van der Waals surface area contributed by atoms with E-state index in [4.69, 9.17) is 11.6 Å². The van der Waals surface area contributed by atoms with Gasteiger partial charge < -0.3 is 5.32 Å². The Morgan fingerprint density at radius 2 is 2.38 bits per heavy atom. The molecule has 0 aliphatic rings. The minimum atomic E-state index is 0.184. The molecule has 1 aromatic rings. The molecule has 0 aliphatic heterocycles. The van der Waals surface area contributed by atoms with Gasteiger partial charge in [0.15, 0.2) is 6.29 Å². The molecule has 0 bridgehead atoms. The van der Waals surface area contributed by atoms with Crippen LogP contribution in [-0.2, 0) is 0 Å². The molecular formula is C8H10ClN3O. The highest BCUT2D eigenvalue weighted by atomic mass is 35.5. The molecule has 70 valence electrons. The zero-order valence-electron chi connectivity index (χ0n) is 7.25. The van der Waals surface area contributed by atoms with Crippen molar-refractivity contribution in [2.45, 2.75) is 13.3 Å². The van der Waals surface area contributed by atoms with Crippen LogP contribution in [0, 0.1) is 0 Å². The Bertz CT molecular complexity index is 303. The van der Waals surface area contributed by atoms with Crippen LogP contribution in [0.25, 0.3) is 0 Å². The molecule has 1 aromatic heterocycles. The van der Waals surface area contributed by atoms with Crippen molar-refractivity contribution in [1.29, 1.82) is 0 Å². The summed E-state index contributed by atoms with van der Waals surface area (Å²) in [5.41, 5.74) is 0.317. The van der Waals surface area contributed by atoms with Crippen molar-refractivity contribution >= 4 is 23.7 Å². The fraction of sp³-hybridized carbons (Fsp3) is 0.375. The highest BCUT2D eigenvalue weighted by Crippen LogP contribution is 2.16. The predicted molar refractivity (Wildman–Crippen MR) is 51.2 cm³/mol. The first kappa shape index (κ1) is 9.92. The number of aromatic nitrogens is 2. The fourth-order valence-electron chi connectivity index (χ4n) is 0.863. The number of carbonyl (C=O) groups is 1. The van der Waals surface area contributed by atoms with Gasteiger partial charge >= 0.3 is 0 Å². The van der Waals surface area contributed by atoms with Crippen LogP contribution in [0.15, 0.2) is 6.33 Å². The Hall–Kier alpha value is -1.16. The number of nitrogens with one attached hydrogen (secondary N) is 1. The van der Waals surface area contributed by atoms with Gasteiger partial charge in [-0.25, -0.2) is 9.97 Å². The largest absolute Gasteiger partial charge is 0.369 e. The smallest absolute Gasteiger partial charge is 0.156 e. The number of hydrogen-bond acceptors (Lipinski definition) is 4. The minimum Gasteiger partial charge on any atom is -0.369 e. The molecule has 0 atom stereocenters. The standard InChI is InChI=1S/C8H10ClN3O/c1-2-3-10-8-6(4-13)7(9)11-5-12-8/h4-5H,2-3H2,1H3,(H,10,11,12). The third kappa shape index (κ3) is 2.39. The predicted octanol–water partition coefficient (Wildman–Crippen LogP) is 1.76. The van der Waals surface area contributed by atoms with Crippen molar-refractivity contribution in [2.75, 3.05) is 11.9 Å². The van der Waals surface area contributed by atoms with Gasteiger partial charge in [-0.1, -0.05) is 18.5 Å². The Morgan fingerprint density at radius 1 is 1.62 bits per heavy atom. The van der Waals surface area contributed by atoms with Crippen LogP contribution in [0.4, 0.5) is 5.82 Å². The van der Waals surface area contributed by atoms with E-state index >= 15 is 0 Å². The van der Waals surface area contributed by atoms with Crippen LogP contribution in [0.2, 0.25) is 5.15 Å². The van der Waals surface area contributed by atoms with Gasteiger partial charge in [0.1, 0.15) is 17.3 Å². The van der Waals surface area contributed by atoms with Crippen molar-refractivity contribution in [3.63, 3.8) is 0 Å². The molecular weight excluding hydrogens is 190 g/mol. The minimum absolute atomic E-state index is 0.184. The number of hydrogen-bond donors (Lipinski definition) is 1. The van der Waals surface area contributed by atoms with E-state index in [1.807, 2.05) is 6.92 Å². The molecule has 0 amide bonds. The van der Waals surface area contributed by atoms with Crippen LogP contribution in [0.3, 0.4) is 0 Å². The summed E-state index contributed by atoms with van der Waals surface area (Å²) < 4.78 is 0. The van der Waals surface area contributed by atoms with Crippen LogP contribution in [-0.4, -0.2) is 22.8 Å². The van der Waals surface area contributed by atoms with E-state index in [0.29, 0.717) is 17.7 Å². The first-order valence-corrected chi connectivity index (χ1v) is 4.37. The molecule has 0 saturated carbocycles. The number of nitrogens with zero attached hydrogens (tertiary/aromatic N) is 2. The van der Waals surface area contributed by atoms with Gasteiger partial charge in [0, 0.05) is 6.54 Å². The molecule has 0 aliphatic carbocycles. The summed E-state index contributed by atoms with van der Waals surface area (Å²) in [7, 11) is 0. The van der Waals surface area contributed by atoms with Crippen LogP contribution in [0.1, 0.15) is 23.7 Å². The van der Waals surface area contributed by atoms with Crippen molar-refractivity contribution in [1.82, 2.24) is 9.97 Å². The van der Waals surface area contributed by atoms with Gasteiger partial charge in [-0.05, 0) is 6.42 Å². The number of aldehydes is 1. The van der Waals surface area contributed by atoms with E-state index in [2.05, 4.69) is 15.3 Å². The summed E-state index contributed by atoms with van der Waals surface area (Å²) in [4.78, 5) is 18.2. The van der Waals surface area contributed by atoms with Gasteiger partial charge in [-0.15, -0.1) is 0 Å². The number of halogens is 1. The summed E-state index contributed by atoms with van der Waals surface area (Å²) in [5, 5.41) is 3.17. The van der Waals surface area contributed by atoms with E-state index in [1.54, 1.807) is 0 Å². The van der Waals surface area contributed by atoms with Gasteiger partial charge in [-0.2, -0.15) is 0 Å². The average Bonchev–Trinajstić information content (AvgIpc) is 2.15. The lowest BCUT2D eigenvalue weighted by atomic mass is 10.3. The fourth-order valence-corrected chi connectivity index (χ4v) is 1.04. The quantitative estimate of drug-likeness (QED) is 0.593. The lowest BCUT2D eigenvalue weighted by molar-refractivity contribution is 0.112. The third-order valence-electron chi connectivity index (χ3n) is 1.50. The zero-order valence-corrected chi connectivity index (χ0v) is 8.01. The summed E-state index contributed by atoms with van der Waals surface area (Å²) in [6, 6.07) is 0. The van der Waals surface area contributed by atoms with Gasteiger partial charge in [0.05, 0.1) is 5.56 Å². The molecule has 4 nitrogen and oxygen atoms in total. The van der Waals surface area contributed by atoms with E-state index < -0.39 is 0 Å². The first-order valence-electron chi connectivity index (χ1n) is 3.99. The lowest BCUT2D eigenvalue weighted by Crippen LogP contribution is -2.06. The SMILES string of the molecule is CCCNc1ncnc(Cl)c1C=O. The molecule has 0 unspecified atom stereocenters. The second kappa shape index (κ2) is 4.77. The normalized spacial score (nSPS) is 9.69. The molecule has 0 saturated heterocycles. The van der Waals surface area contributed by atoms with Crippen LogP contribution < -0.4 is 5.32 Å². The van der Waals surface area contributed by atoms with E-state index in [1.165, 1.54) is 6.33 Å². The van der Waals surface area contributed by atoms with E-state index in [9.17, 15) is 4.79 Å². The number of rotatable bonds is 4. The number of carbonyl (C=O) groups excluding carboxylic acids is 1. The van der Waals surface area contributed by atoms with Crippen molar-refractivity contribution < 1.29 is 4.79 Å². The Balaban J connectivity index is 2.91. The lowest BCUT2D eigenvalue weighted by Gasteiger charge is -2.05. The summed E-state index contributed by atoms with van der Waals surface area (Å²) in [6.07, 6.45) is 2.94. The molecule has 1 N–H and O–H groups in total. The molecule has 5 heteroatoms. The van der Waals surface area contributed by atoms with Crippen LogP contribution >= 0.6 is 11.6 Å².